The number of ether oxygens (including phenoxy) is 2. The van der Waals surface area contributed by atoms with E-state index in [9.17, 15) is 19.7 Å². The van der Waals surface area contributed by atoms with Crippen molar-refractivity contribution in [2.75, 3.05) is 0 Å². The number of rotatable bonds is 4. The predicted octanol–water partition coefficient (Wildman–Crippen LogP) is 5.19. The molecule has 3 aromatic carbocycles. The Morgan fingerprint density at radius 2 is 1.87 bits per heavy atom. The van der Waals surface area contributed by atoms with E-state index in [0.29, 0.717) is 5.56 Å². The Kier molecular flexibility index (Phi) is 5.16. The fourth-order valence-corrected chi connectivity index (χ4v) is 3.31. The number of carbonyl (C=O) groups excluding carboxylic acids is 2. The minimum atomic E-state index is -0.757. The van der Waals surface area contributed by atoms with Gasteiger partial charge in [-0.05, 0) is 42.0 Å². The number of hydrogen-bond donors (Lipinski definition) is 0. The molecule has 0 fully saturated rings. The molecule has 0 saturated heterocycles. The number of nitro benzene ring substituents is 1. The van der Waals surface area contributed by atoms with E-state index in [1.54, 1.807) is 6.08 Å². The van der Waals surface area contributed by atoms with Crippen molar-refractivity contribution in [1.29, 1.82) is 0 Å². The maximum atomic E-state index is 12.6. The fraction of sp³-hybridized carbons (Fsp3) is 0. The van der Waals surface area contributed by atoms with Gasteiger partial charge in [-0.3, -0.25) is 14.9 Å². The largest absolute Gasteiger partial charge is 0.452 e. The Hall–Kier alpha value is -3.78. The van der Waals surface area contributed by atoms with Crippen molar-refractivity contribution in [2.24, 2.45) is 0 Å². The second-order valence-corrected chi connectivity index (χ2v) is 7.27. The number of non-ortho nitro benzene ring substituents is 1. The minimum Gasteiger partial charge on any atom is -0.452 e. The van der Waals surface area contributed by atoms with E-state index in [0.717, 1.165) is 16.1 Å². The van der Waals surface area contributed by atoms with Crippen molar-refractivity contribution in [3.63, 3.8) is 0 Å². The summed E-state index contributed by atoms with van der Waals surface area (Å²) in [7, 11) is 0. The third-order valence-electron chi connectivity index (χ3n) is 4.29. The number of benzene rings is 3. The molecule has 0 N–H and O–H groups in total. The Morgan fingerprint density at radius 1 is 1.07 bits per heavy atom. The molecule has 0 saturated carbocycles. The van der Waals surface area contributed by atoms with Crippen molar-refractivity contribution >= 4 is 39.4 Å². The second-order valence-electron chi connectivity index (χ2n) is 6.35. The summed E-state index contributed by atoms with van der Waals surface area (Å²) >= 11 is 3.38. The van der Waals surface area contributed by atoms with Crippen LogP contribution in [0.4, 0.5) is 5.69 Å². The second kappa shape index (κ2) is 7.92. The average molecular weight is 466 g/mol. The van der Waals surface area contributed by atoms with E-state index in [1.165, 1.54) is 36.4 Å². The molecule has 1 heterocycles. The zero-order valence-electron chi connectivity index (χ0n) is 15.2. The molecule has 4 rings (SSSR count). The maximum absolute atomic E-state index is 12.6. The summed E-state index contributed by atoms with van der Waals surface area (Å²) in [6.45, 7) is 0. The first-order chi connectivity index (χ1) is 14.4. The molecule has 0 radical (unpaired) electrons. The highest BCUT2D eigenvalue weighted by molar-refractivity contribution is 9.10. The highest BCUT2D eigenvalue weighted by Gasteiger charge is 2.28. The molecule has 1 aliphatic rings. The van der Waals surface area contributed by atoms with Gasteiger partial charge < -0.3 is 9.47 Å². The first-order valence-electron chi connectivity index (χ1n) is 8.71. The summed E-state index contributed by atoms with van der Waals surface area (Å²) in [5.41, 5.74) is 0.968. The molecule has 0 spiro atoms. The quantitative estimate of drug-likeness (QED) is 0.173. The lowest BCUT2D eigenvalue weighted by atomic mass is 10.1. The van der Waals surface area contributed by atoms with Crippen molar-refractivity contribution < 1.29 is 24.0 Å². The molecule has 30 heavy (non-hydrogen) atoms. The third kappa shape index (κ3) is 3.99. The monoisotopic (exact) mass is 465 g/mol. The highest BCUT2D eigenvalue weighted by atomic mass is 79.9. The molecule has 0 bridgehead atoms. The van der Waals surface area contributed by atoms with Gasteiger partial charge >= 0.3 is 5.97 Å². The summed E-state index contributed by atoms with van der Waals surface area (Å²) in [4.78, 5) is 35.2. The van der Waals surface area contributed by atoms with Crippen LogP contribution >= 0.6 is 15.9 Å². The van der Waals surface area contributed by atoms with Crippen LogP contribution in [0.1, 0.15) is 26.3 Å². The molecule has 1 aliphatic heterocycles. The Balaban J connectivity index is 1.55. The molecule has 8 heteroatoms. The molecule has 0 unspecified atom stereocenters. The lowest BCUT2D eigenvalue weighted by Crippen LogP contribution is -2.08. The van der Waals surface area contributed by atoms with Gasteiger partial charge in [0.15, 0.2) is 5.76 Å². The van der Waals surface area contributed by atoms with E-state index in [4.69, 9.17) is 9.47 Å². The van der Waals surface area contributed by atoms with Gasteiger partial charge in [0.25, 0.3) is 5.69 Å². The van der Waals surface area contributed by atoms with E-state index < -0.39 is 10.9 Å². The smallest absolute Gasteiger partial charge is 0.343 e. The SMILES string of the molecule is O=C(Oc1ccc2c(c1)OC(=Cc1cccc(Br)c1)C2=O)c1cccc([N+](=O)[O-])c1. The minimum absolute atomic E-state index is 0.0388. The van der Waals surface area contributed by atoms with Crippen LogP contribution in [-0.2, 0) is 0 Å². The van der Waals surface area contributed by atoms with Gasteiger partial charge in [-0.15, -0.1) is 0 Å². The van der Waals surface area contributed by atoms with Crippen LogP contribution in [0.15, 0.2) is 77.0 Å². The van der Waals surface area contributed by atoms with E-state index in [1.807, 2.05) is 24.3 Å². The third-order valence-corrected chi connectivity index (χ3v) is 4.78. The molecule has 0 atom stereocenters. The summed E-state index contributed by atoms with van der Waals surface area (Å²) in [5, 5.41) is 10.9. The van der Waals surface area contributed by atoms with Gasteiger partial charge in [0.2, 0.25) is 5.78 Å². The molecule has 148 valence electrons. The van der Waals surface area contributed by atoms with Gasteiger partial charge in [0.05, 0.1) is 16.1 Å². The van der Waals surface area contributed by atoms with Crippen molar-refractivity contribution in [2.45, 2.75) is 0 Å². The molecule has 0 aliphatic carbocycles. The molecule has 3 aromatic rings. The van der Waals surface area contributed by atoms with Crippen LogP contribution in [0.25, 0.3) is 6.08 Å². The van der Waals surface area contributed by atoms with Crippen LogP contribution in [-0.4, -0.2) is 16.7 Å². The van der Waals surface area contributed by atoms with E-state index >= 15 is 0 Å². The maximum Gasteiger partial charge on any atom is 0.343 e. The number of hydrogen-bond acceptors (Lipinski definition) is 6. The predicted molar refractivity (Wildman–Crippen MR) is 112 cm³/mol. The van der Waals surface area contributed by atoms with Crippen LogP contribution in [0.2, 0.25) is 0 Å². The molecule has 0 amide bonds. The van der Waals surface area contributed by atoms with Gasteiger partial charge in [-0.25, -0.2) is 4.79 Å². The van der Waals surface area contributed by atoms with Crippen molar-refractivity contribution in [1.82, 2.24) is 0 Å². The van der Waals surface area contributed by atoms with Crippen molar-refractivity contribution in [3.05, 3.63) is 104 Å². The molecule has 7 nitrogen and oxygen atoms in total. The molecule has 0 aromatic heterocycles. The lowest BCUT2D eigenvalue weighted by Gasteiger charge is -2.05. The van der Waals surface area contributed by atoms with Gasteiger partial charge in [0.1, 0.15) is 11.5 Å². The van der Waals surface area contributed by atoms with E-state index in [-0.39, 0.29) is 34.3 Å². The van der Waals surface area contributed by atoms with Crippen LogP contribution in [0.5, 0.6) is 11.5 Å². The summed E-state index contributed by atoms with van der Waals surface area (Å²) in [6.07, 6.45) is 1.63. The lowest BCUT2D eigenvalue weighted by molar-refractivity contribution is -0.384. The Morgan fingerprint density at radius 3 is 2.63 bits per heavy atom. The normalized spacial score (nSPS) is 13.6. The average Bonchev–Trinajstić information content (AvgIpc) is 3.03. The summed E-state index contributed by atoms with van der Waals surface area (Å²) < 4.78 is 11.8. The van der Waals surface area contributed by atoms with Crippen LogP contribution in [0, 0.1) is 10.1 Å². The first kappa shape index (κ1) is 19.5. The molecular formula is C22H12BrNO6. The number of Topliss-reactive ketones (excluding diaryl/α,β-unsaturated/α-hetero) is 1. The number of esters is 1. The van der Waals surface area contributed by atoms with Crippen LogP contribution in [0.3, 0.4) is 0 Å². The standard InChI is InChI=1S/C22H12BrNO6/c23-15-5-1-3-13(9-15)10-20-21(25)18-8-7-17(12-19(18)30-20)29-22(26)14-4-2-6-16(11-14)24(27)28/h1-12H. The Bertz CT molecular complexity index is 1230. The van der Waals surface area contributed by atoms with Gasteiger partial charge in [0, 0.05) is 22.7 Å². The molecular weight excluding hydrogens is 454 g/mol. The van der Waals surface area contributed by atoms with E-state index in [2.05, 4.69) is 15.9 Å². The number of nitrogens with zero attached hydrogens (tertiary/aromatic N) is 1. The number of nitro groups is 1. The topological polar surface area (TPSA) is 95.7 Å². The fourth-order valence-electron chi connectivity index (χ4n) is 2.89. The zero-order valence-corrected chi connectivity index (χ0v) is 16.8. The number of halogens is 1. The van der Waals surface area contributed by atoms with Crippen molar-refractivity contribution in [3.8, 4) is 11.5 Å². The van der Waals surface area contributed by atoms with Crippen LogP contribution < -0.4 is 9.47 Å². The van der Waals surface area contributed by atoms with Gasteiger partial charge in [-0.1, -0.05) is 34.1 Å². The number of allylic oxidation sites excluding steroid dienone is 1. The zero-order chi connectivity index (χ0) is 21.3. The summed E-state index contributed by atoms with van der Waals surface area (Å²) in [6, 6.07) is 17.0. The Labute approximate surface area is 178 Å². The number of carbonyl (C=O) groups is 2. The number of ketones is 1. The highest BCUT2D eigenvalue weighted by Crippen LogP contribution is 2.35. The number of fused-ring (bicyclic) bond motifs is 1. The first-order valence-corrected chi connectivity index (χ1v) is 9.50. The summed E-state index contributed by atoms with van der Waals surface area (Å²) in [5.74, 6) is -0.452. The van der Waals surface area contributed by atoms with Gasteiger partial charge in [-0.2, -0.15) is 0 Å².